The SMILES string of the molecule is COc1cccc(NC(=O)CN(C)C(=O)CSc2ccc(F)cc2)c1. The second-order valence-electron chi connectivity index (χ2n) is 5.27. The van der Waals surface area contributed by atoms with E-state index in [0.29, 0.717) is 11.4 Å². The van der Waals surface area contributed by atoms with Crippen LogP contribution in [0.2, 0.25) is 0 Å². The molecule has 0 fully saturated rings. The molecule has 2 rings (SSSR count). The Morgan fingerprint density at radius 1 is 1.20 bits per heavy atom. The molecule has 0 atom stereocenters. The highest BCUT2D eigenvalue weighted by molar-refractivity contribution is 8.00. The van der Waals surface area contributed by atoms with Crippen molar-refractivity contribution in [2.75, 3.05) is 31.8 Å². The van der Waals surface area contributed by atoms with E-state index >= 15 is 0 Å². The van der Waals surface area contributed by atoms with Crippen LogP contribution in [0.1, 0.15) is 0 Å². The normalized spacial score (nSPS) is 10.2. The molecule has 0 spiro atoms. The Balaban J connectivity index is 1.81. The van der Waals surface area contributed by atoms with Gasteiger partial charge >= 0.3 is 0 Å². The van der Waals surface area contributed by atoms with E-state index in [1.807, 2.05) is 0 Å². The summed E-state index contributed by atoms with van der Waals surface area (Å²) in [5.74, 6) is 0.0140. The van der Waals surface area contributed by atoms with Gasteiger partial charge in [0.2, 0.25) is 11.8 Å². The van der Waals surface area contributed by atoms with Gasteiger partial charge in [-0.1, -0.05) is 6.07 Å². The number of ether oxygens (including phenoxy) is 1. The molecule has 0 aliphatic heterocycles. The summed E-state index contributed by atoms with van der Waals surface area (Å²) in [6.45, 7) is -0.0555. The highest BCUT2D eigenvalue weighted by Crippen LogP contribution is 2.19. The zero-order valence-corrected chi connectivity index (χ0v) is 14.8. The highest BCUT2D eigenvalue weighted by Gasteiger charge is 2.13. The fourth-order valence-electron chi connectivity index (χ4n) is 1.99. The minimum atomic E-state index is -0.318. The van der Waals surface area contributed by atoms with Gasteiger partial charge in [0.15, 0.2) is 0 Å². The predicted molar refractivity (Wildman–Crippen MR) is 96.4 cm³/mol. The number of nitrogens with zero attached hydrogens (tertiary/aromatic N) is 1. The van der Waals surface area contributed by atoms with Gasteiger partial charge in [-0.25, -0.2) is 4.39 Å². The average molecular weight is 362 g/mol. The van der Waals surface area contributed by atoms with Gasteiger partial charge in [0.1, 0.15) is 11.6 Å². The maximum atomic E-state index is 12.8. The summed E-state index contributed by atoms with van der Waals surface area (Å²) in [6.07, 6.45) is 0. The number of hydrogen-bond acceptors (Lipinski definition) is 4. The molecular weight excluding hydrogens is 343 g/mol. The van der Waals surface area contributed by atoms with Crippen LogP contribution < -0.4 is 10.1 Å². The molecule has 5 nitrogen and oxygen atoms in total. The number of benzene rings is 2. The molecule has 25 heavy (non-hydrogen) atoms. The zero-order chi connectivity index (χ0) is 18.2. The molecule has 132 valence electrons. The lowest BCUT2D eigenvalue weighted by molar-refractivity contribution is -0.131. The number of thioether (sulfide) groups is 1. The van der Waals surface area contributed by atoms with Crippen LogP contribution in [0, 0.1) is 5.82 Å². The lowest BCUT2D eigenvalue weighted by atomic mass is 10.3. The van der Waals surface area contributed by atoms with Gasteiger partial charge in [-0.2, -0.15) is 0 Å². The number of nitrogens with one attached hydrogen (secondary N) is 1. The number of anilines is 1. The van der Waals surface area contributed by atoms with Crippen LogP contribution in [0.4, 0.5) is 10.1 Å². The fraction of sp³-hybridized carbons (Fsp3) is 0.222. The summed E-state index contributed by atoms with van der Waals surface area (Å²) in [5, 5.41) is 2.72. The van der Waals surface area contributed by atoms with Crippen LogP contribution in [0.5, 0.6) is 5.75 Å². The van der Waals surface area contributed by atoms with Crippen molar-refractivity contribution in [3.8, 4) is 5.75 Å². The topological polar surface area (TPSA) is 58.6 Å². The summed E-state index contributed by atoms with van der Waals surface area (Å²) < 4.78 is 17.9. The van der Waals surface area contributed by atoms with Gasteiger partial charge in [-0.3, -0.25) is 9.59 Å². The third-order valence-electron chi connectivity index (χ3n) is 3.34. The summed E-state index contributed by atoms with van der Waals surface area (Å²) in [4.78, 5) is 26.3. The van der Waals surface area contributed by atoms with Crippen molar-refractivity contribution < 1.29 is 18.7 Å². The third kappa shape index (κ3) is 6.11. The van der Waals surface area contributed by atoms with Crippen LogP contribution in [-0.4, -0.2) is 43.2 Å². The summed E-state index contributed by atoms with van der Waals surface area (Å²) >= 11 is 1.30. The smallest absolute Gasteiger partial charge is 0.243 e. The van der Waals surface area contributed by atoms with Crippen LogP contribution in [-0.2, 0) is 9.59 Å². The number of amides is 2. The summed E-state index contributed by atoms with van der Waals surface area (Å²) in [6, 6.07) is 12.9. The first-order valence-corrected chi connectivity index (χ1v) is 8.52. The van der Waals surface area contributed by atoms with E-state index in [-0.39, 0.29) is 29.9 Å². The quantitative estimate of drug-likeness (QED) is 0.769. The number of likely N-dealkylation sites (N-methyl/N-ethyl adjacent to an activating group) is 1. The maximum Gasteiger partial charge on any atom is 0.243 e. The Hall–Kier alpha value is -2.54. The Morgan fingerprint density at radius 2 is 1.92 bits per heavy atom. The minimum absolute atomic E-state index is 0.0555. The molecule has 0 heterocycles. The van der Waals surface area contributed by atoms with E-state index in [1.165, 1.54) is 28.8 Å². The maximum absolute atomic E-state index is 12.8. The number of carbonyl (C=O) groups excluding carboxylic acids is 2. The van der Waals surface area contributed by atoms with Crippen molar-refractivity contribution in [2.24, 2.45) is 0 Å². The lowest BCUT2D eigenvalue weighted by Gasteiger charge is -2.17. The van der Waals surface area contributed by atoms with Gasteiger partial charge in [-0.05, 0) is 36.4 Å². The van der Waals surface area contributed by atoms with Crippen LogP contribution in [0.25, 0.3) is 0 Å². The van der Waals surface area contributed by atoms with Crippen molar-refractivity contribution >= 4 is 29.3 Å². The predicted octanol–water partition coefficient (Wildman–Crippen LogP) is 3.02. The van der Waals surface area contributed by atoms with E-state index in [1.54, 1.807) is 50.6 Å². The van der Waals surface area contributed by atoms with Gasteiger partial charge in [-0.15, -0.1) is 11.8 Å². The monoisotopic (exact) mass is 362 g/mol. The van der Waals surface area contributed by atoms with Gasteiger partial charge in [0.25, 0.3) is 0 Å². The Labute approximate surface area is 150 Å². The largest absolute Gasteiger partial charge is 0.497 e. The van der Waals surface area contributed by atoms with Crippen molar-refractivity contribution in [1.29, 1.82) is 0 Å². The molecule has 2 aromatic rings. The second kappa shape index (κ2) is 9.08. The molecule has 2 aromatic carbocycles. The molecule has 0 saturated carbocycles. The molecule has 0 saturated heterocycles. The first kappa shape index (κ1) is 18.8. The molecule has 0 radical (unpaired) electrons. The first-order valence-electron chi connectivity index (χ1n) is 7.54. The first-order chi connectivity index (χ1) is 12.0. The Kier molecular flexibility index (Phi) is 6.82. The molecule has 0 aliphatic carbocycles. The second-order valence-corrected chi connectivity index (χ2v) is 6.32. The number of hydrogen-bond donors (Lipinski definition) is 1. The average Bonchev–Trinajstić information content (AvgIpc) is 2.61. The van der Waals surface area contributed by atoms with Gasteiger partial charge in [0, 0.05) is 23.7 Å². The zero-order valence-electron chi connectivity index (χ0n) is 14.0. The third-order valence-corrected chi connectivity index (χ3v) is 4.33. The van der Waals surface area contributed by atoms with Crippen molar-refractivity contribution in [3.63, 3.8) is 0 Å². The highest BCUT2D eigenvalue weighted by atomic mass is 32.2. The number of carbonyl (C=O) groups is 2. The van der Waals surface area contributed by atoms with Crippen molar-refractivity contribution in [1.82, 2.24) is 4.90 Å². The van der Waals surface area contributed by atoms with Crippen molar-refractivity contribution in [3.05, 3.63) is 54.3 Å². The summed E-state index contributed by atoms with van der Waals surface area (Å²) in [7, 11) is 3.12. The van der Waals surface area contributed by atoms with E-state index < -0.39 is 0 Å². The molecule has 2 amide bonds. The molecule has 0 aromatic heterocycles. The minimum Gasteiger partial charge on any atom is -0.497 e. The van der Waals surface area contributed by atoms with E-state index in [2.05, 4.69) is 5.32 Å². The number of halogens is 1. The van der Waals surface area contributed by atoms with E-state index in [4.69, 9.17) is 4.74 Å². The standard InChI is InChI=1S/C18H19FN2O3S/c1-21(18(23)12-25-16-8-6-13(19)7-9-16)11-17(22)20-14-4-3-5-15(10-14)24-2/h3-10H,11-12H2,1-2H3,(H,20,22). The Bertz CT molecular complexity index is 737. The van der Waals surface area contributed by atoms with Gasteiger partial charge < -0.3 is 15.0 Å². The molecule has 1 N–H and O–H groups in total. The van der Waals surface area contributed by atoms with Gasteiger partial charge in [0.05, 0.1) is 19.4 Å². The summed E-state index contributed by atoms with van der Waals surface area (Å²) in [5.41, 5.74) is 0.603. The van der Waals surface area contributed by atoms with Crippen LogP contribution in [0.15, 0.2) is 53.4 Å². The Morgan fingerprint density at radius 3 is 2.60 bits per heavy atom. The number of methoxy groups -OCH3 is 1. The molecule has 0 unspecified atom stereocenters. The fourth-order valence-corrected chi connectivity index (χ4v) is 2.83. The van der Waals surface area contributed by atoms with E-state index in [9.17, 15) is 14.0 Å². The number of rotatable bonds is 7. The van der Waals surface area contributed by atoms with Crippen LogP contribution >= 0.6 is 11.8 Å². The van der Waals surface area contributed by atoms with Crippen molar-refractivity contribution in [2.45, 2.75) is 4.90 Å². The molecule has 0 bridgehead atoms. The molecular formula is C18H19FN2O3S. The molecule has 7 heteroatoms. The van der Waals surface area contributed by atoms with E-state index in [0.717, 1.165) is 4.90 Å². The molecule has 0 aliphatic rings. The van der Waals surface area contributed by atoms with Crippen LogP contribution in [0.3, 0.4) is 0 Å². The lowest BCUT2D eigenvalue weighted by Crippen LogP contribution is -2.35.